The number of anilines is 1. The van der Waals surface area contributed by atoms with Crippen molar-refractivity contribution in [2.75, 3.05) is 24.7 Å². The summed E-state index contributed by atoms with van der Waals surface area (Å²) in [6.45, 7) is 3.81. The highest BCUT2D eigenvalue weighted by molar-refractivity contribution is 7.88. The zero-order chi connectivity index (χ0) is 18.5. The molecule has 0 aromatic carbocycles. The van der Waals surface area contributed by atoms with Gasteiger partial charge in [-0.1, -0.05) is 0 Å². The Balaban J connectivity index is 1.40. The molecular formula is C19H26N6OS. The number of hydrogen-bond acceptors (Lipinski definition) is 6. The number of aryl methyl sites for hydroxylation is 3. The lowest BCUT2D eigenvalue weighted by Crippen LogP contribution is -2.42. The third-order valence-electron chi connectivity index (χ3n) is 5.94. The van der Waals surface area contributed by atoms with Gasteiger partial charge in [-0.3, -0.25) is 0 Å². The van der Waals surface area contributed by atoms with Crippen LogP contribution in [0, 0.1) is 6.92 Å². The van der Waals surface area contributed by atoms with Crippen LogP contribution in [0.2, 0.25) is 0 Å². The highest BCUT2D eigenvalue weighted by Crippen LogP contribution is 2.43. The first-order chi connectivity index (χ1) is 13.1. The molecule has 2 aliphatic carbocycles. The van der Waals surface area contributed by atoms with Crippen molar-refractivity contribution in [3.8, 4) is 11.4 Å². The average Bonchev–Trinajstić information content (AvgIpc) is 3.43. The van der Waals surface area contributed by atoms with Crippen molar-refractivity contribution in [1.29, 1.82) is 0 Å². The highest BCUT2D eigenvalue weighted by atomic mass is 32.2. The second-order valence-corrected chi connectivity index (χ2v) is 9.26. The van der Waals surface area contributed by atoms with Crippen molar-refractivity contribution in [2.45, 2.75) is 57.5 Å². The molecule has 0 bridgehead atoms. The van der Waals surface area contributed by atoms with Gasteiger partial charge in [-0.2, -0.15) is 0 Å². The molecule has 2 fully saturated rings. The number of rotatable bonds is 4. The van der Waals surface area contributed by atoms with E-state index in [-0.39, 0.29) is 0 Å². The molecule has 1 aliphatic heterocycles. The van der Waals surface area contributed by atoms with E-state index in [0.29, 0.717) is 18.0 Å². The SMILES string of the molecule is Cc1nc2c(n1C1CC1)-c1nc(NC3CCN([S+](C)[O-])CC3)ncc1CC2. The third-order valence-corrected chi connectivity index (χ3v) is 7.03. The molecule has 0 spiro atoms. The molecule has 0 amide bonds. The van der Waals surface area contributed by atoms with Crippen LogP contribution in [-0.4, -0.2) is 53.8 Å². The first-order valence-electron chi connectivity index (χ1n) is 9.89. The van der Waals surface area contributed by atoms with Gasteiger partial charge >= 0.3 is 0 Å². The van der Waals surface area contributed by atoms with Crippen molar-refractivity contribution in [3.63, 3.8) is 0 Å². The Labute approximate surface area is 162 Å². The summed E-state index contributed by atoms with van der Waals surface area (Å²) in [7, 11) is 0. The van der Waals surface area contributed by atoms with Crippen molar-refractivity contribution in [1.82, 2.24) is 23.8 Å². The molecule has 8 heteroatoms. The largest absolute Gasteiger partial charge is 0.598 e. The molecule has 144 valence electrons. The lowest BCUT2D eigenvalue weighted by molar-refractivity contribution is 0.331. The monoisotopic (exact) mass is 386 g/mol. The second-order valence-electron chi connectivity index (χ2n) is 7.89. The first kappa shape index (κ1) is 17.5. The van der Waals surface area contributed by atoms with E-state index in [2.05, 4.69) is 21.8 Å². The smallest absolute Gasteiger partial charge is 0.223 e. The Morgan fingerprint density at radius 3 is 2.63 bits per heavy atom. The fraction of sp³-hybridized carbons (Fsp3) is 0.632. The van der Waals surface area contributed by atoms with Gasteiger partial charge in [0.1, 0.15) is 12.1 Å². The second kappa shape index (κ2) is 6.76. The highest BCUT2D eigenvalue weighted by Gasteiger charge is 2.33. The van der Waals surface area contributed by atoms with Crippen molar-refractivity contribution in [3.05, 3.63) is 23.3 Å². The third kappa shape index (κ3) is 3.23. The van der Waals surface area contributed by atoms with Crippen LogP contribution in [0.3, 0.4) is 0 Å². The lowest BCUT2D eigenvalue weighted by Gasteiger charge is -2.31. The van der Waals surface area contributed by atoms with E-state index in [1.165, 1.54) is 29.8 Å². The molecule has 1 N–H and O–H groups in total. The quantitative estimate of drug-likeness (QED) is 0.812. The normalized spacial score (nSPS) is 21.6. The number of nitrogens with zero attached hydrogens (tertiary/aromatic N) is 5. The summed E-state index contributed by atoms with van der Waals surface area (Å²) < 4.78 is 16.0. The molecule has 1 saturated carbocycles. The molecule has 2 aromatic rings. The van der Waals surface area contributed by atoms with E-state index >= 15 is 0 Å². The van der Waals surface area contributed by atoms with Crippen LogP contribution in [-0.2, 0) is 24.2 Å². The maximum atomic E-state index is 11.6. The van der Waals surface area contributed by atoms with Gasteiger partial charge in [-0.25, -0.2) is 15.0 Å². The van der Waals surface area contributed by atoms with Gasteiger partial charge < -0.3 is 14.4 Å². The number of piperidine rings is 1. The Morgan fingerprint density at radius 2 is 1.93 bits per heavy atom. The predicted molar refractivity (Wildman–Crippen MR) is 106 cm³/mol. The van der Waals surface area contributed by atoms with Crippen LogP contribution in [0.25, 0.3) is 11.4 Å². The lowest BCUT2D eigenvalue weighted by atomic mass is 9.98. The standard InChI is InChI=1S/C19H26N6OS/c1-12-21-16-6-3-13-11-20-19(22-14-7-9-24(10-8-14)27(2)26)23-17(13)18(16)25(12)15-4-5-15/h11,14-15H,3-10H2,1-2H3,(H,20,22,23). The molecular weight excluding hydrogens is 360 g/mol. The van der Waals surface area contributed by atoms with E-state index in [9.17, 15) is 4.55 Å². The Hall–Kier alpha value is -1.64. The van der Waals surface area contributed by atoms with Crippen LogP contribution >= 0.6 is 0 Å². The summed E-state index contributed by atoms with van der Waals surface area (Å²) >= 11 is -0.875. The molecule has 1 saturated heterocycles. The average molecular weight is 387 g/mol. The minimum atomic E-state index is -0.875. The summed E-state index contributed by atoms with van der Waals surface area (Å²) in [5.74, 6) is 1.82. The van der Waals surface area contributed by atoms with Gasteiger partial charge in [0.25, 0.3) is 0 Å². The minimum absolute atomic E-state index is 0.334. The van der Waals surface area contributed by atoms with Gasteiger partial charge in [-0.15, -0.1) is 4.31 Å². The molecule has 27 heavy (non-hydrogen) atoms. The van der Waals surface area contributed by atoms with Gasteiger partial charge in [0, 0.05) is 42.7 Å². The number of nitrogens with one attached hydrogen (secondary N) is 1. The van der Waals surface area contributed by atoms with E-state index in [0.717, 1.165) is 50.3 Å². The van der Waals surface area contributed by atoms with Crippen molar-refractivity contribution < 1.29 is 4.55 Å². The summed E-state index contributed by atoms with van der Waals surface area (Å²) in [5.41, 5.74) is 4.70. The number of fused-ring (bicyclic) bond motifs is 3. The van der Waals surface area contributed by atoms with Crippen LogP contribution in [0.5, 0.6) is 0 Å². The van der Waals surface area contributed by atoms with Gasteiger partial charge in [0.2, 0.25) is 5.95 Å². The predicted octanol–water partition coefficient (Wildman–Crippen LogP) is 2.25. The van der Waals surface area contributed by atoms with Gasteiger partial charge in [0.15, 0.2) is 0 Å². The Morgan fingerprint density at radius 1 is 1.15 bits per heavy atom. The number of aromatic nitrogens is 4. The van der Waals surface area contributed by atoms with E-state index < -0.39 is 11.4 Å². The van der Waals surface area contributed by atoms with Crippen LogP contribution < -0.4 is 5.32 Å². The molecule has 3 aliphatic rings. The first-order valence-corrected chi connectivity index (χ1v) is 11.4. The summed E-state index contributed by atoms with van der Waals surface area (Å²) in [4.78, 5) is 14.3. The fourth-order valence-electron chi connectivity index (χ4n) is 4.36. The molecule has 3 heterocycles. The molecule has 0 radical (unpaired) electrons. The number of hydrogen-bond donors (Lipinski definition) is 1. The van der Waals surface area contributed by atoms with Crippen LogP contribution in [0.4, 0.5) is 5.95 Å². The topological polar surface area (TPSA) is 81.9 Å². The van der Waals surface area contributed by atoms with E-state index in [4.69, 9.17) is 9.97 Å². The molecule has 7 nitrogen and oxygen atoms in total. The van der Waals surface area contributed by atoms with Crippen molar-refractivity contribution >= 4 is 17.3 Å². The van der Waals surface area contributed by atoms with Gasteiger partial charge in [-0.05, 0) is 51.0 Å². The van der Waals surface area contributed by atoms with Crippen molar-refractivity contribution in [2.24, 2.45) is 0 Å². The summed E-state index contributed by atoms with van der Waals surface area (Å²) in [6, 6.07) is 0.929. The molecule has 5 rings (SSSR count). The summed E-state index contributed by atoms with van der Waals surface area (Å²) in [5, 5.41) is 3.51. The molecule has 1 atom stereocenters. The summed E-state index contributed by atoms with van der Waals surface area (Å²) in [6.07, 6.45) is 10.1. The van der Waals surface area contributed by atoms with E-state index in [1.54, 1.807) is 6.26 Å². The van der Waals surface area contributed by atoms with Crippen LogP contribution in [0.15, 0.2) is 6.20 Å². The van der Waals surface area contributed by atoms with Crippen LogP contribution in [0.1, 0.15) is 48.8 Å². The molecule has 2 aromatic heterocycles. The molecule has 1 unspecified atom stereocenters. The number of imidazole rings is 1. The fourth-order valence-corrected chi connectivity index (χ4v) is 5.09. The Bertz CT molecular complexity index is 854. The minimum Gasteiger partial charge on any atom is -0.598 e. The van der Waals surface area contributed by atoms with Gasteiger partial charge in [0.05, 0.1) is 17.1 Å². The zero-order valence-corrected chi connectivity index (χ0v) is 16.8. The maximum Gasteiger partial charge on any atom is 0.223 e. The Kier molecular flexibility index (Phi) is 4.37. The van der Waals surface area contributed by atoms with E-state index in [1.807, 2.05) is 10.5 Å². The maximum absolute atomic E-state index is 11.6. The zero-order valence-electron chi connectivity index (χ0n) is 15.9.